The summed E-state index contributed by atoms with van der Waals surface area (Å²) in [6.07, 6.45) is -0.310. The van der Waals surface area contributed by atoms with Gasteiger partial charge in [-0.2, -0.15) is 4.98 Å². The van der Waals surface area contributed by atoms with Gasteiger partial charge in [-0.05, 0) is 0 Å². The lowest BCUT2D eigenvalue weighted by Gasteiger charge is -2.16. The summed E-state index contributed by atoms with van der Waals surface area (Å²) >= 11 is 0. The number of nitrogens with two attached hydrogens (primary N) is 2. The number of anilines is 2. The van der Waals surface area contributed by atoms with Crippen molar-refractivity contribution in [1.29, 1.82) is 0 Å². The van der Waals surface area contributed by atoms with Crippen molar-refractivity contribution in [2.45, 2.75) is 24.9 Å². The van der Waals surface area contributed by atoms with Gasteiger partial charge in [0.15, 0.2) is 11.2 Å². The molecule has 1 aliphatic heterocycles. The van der Waals surface area contributed by atoms with Crippen molar-refractivity contribution in [3.63, 3.8) is 0 Å². The maximum absolute atomic E-state index is 11.9. The quantitative estimate of drug-likeness (QED) is 0.668. The van der Waals surface area contributed by atoms with Gasteiger partial charge in [0.25, 0.3) is 5.56 Å². The van der Waals surface area contributed by atoms with E-state index in [1.54, 1.807) is 18.8 Å². The van der Waals surface area contributed by atoms with Crippen LogP contribution in [0.5, 0.6) is 0 Å². The van der Waals surface area contributed by atoms with Gasteiger partial charge in [-0.1, -0.05) is 0 Å². The Morgan fingerprint density at radius 2 is 2.18 bits per heavy atom. The fourth-order valence-corrected chi connectivity index (χ4v) is 2.72. The second-order valence-electron chi connectivity index (χ2n) is 5.06. The summed E-state index contributed by atoms with van der Waals surface area (Å²) < 4.78 is 18.0. The van der Waals surface area contributed by atoms with Gasteiger partial charge in [0.05, 0.1) is 12.7 Å². The van der Waals surface area contributed by atoms with Crippen LogP contribution in [0.25, 0.3) is 11.2 Å². The molecule has 0 radical (unpaired) electrons. The Hall–Kier alpha value is -2.17. The zero-order chi connectivity index (χ0) is 15.9. The van der Waals surface area contributed by atoms with Crippen LogP contribution < -0.4 is 17.0 Å². The zero-order valence-electron chi connectivity index (χ0n) is 12.3. The number of imidazole rings is 1. The van der Waals surface area contributed by atoms with Crippen LogP contribution >= 0.6 is 0 Å². The molecule has 1 aliphatic rings. The number of nitrogen functional groups attached to an aromatic ring is 2. The molecule has 2 aromatic heterocycles. The number of nitrogens with one attached hydrogen (secondary N) is 1. The molecule has 5 N–H and O–H groups in total. The smallest absolute Gasteiger partial charge is 0.280 e. The van der Waals surface area contributed by atoms with E-state index in [-0.39, 0.29) is 35.3 Å². The number of H-pyrrole nitrogens is 1. The van der Waals surface area contributed by atoms with Gasteiger partial charge >= 0.3 is 0 Å². The number of nitrogens with zero attached hydrogens (tertiary/aromatic N) is 3. The lowest BCUT2D eigenvalue weighted by atomic mass is 10.2. The van der Waals surface area contributed by atoms with Crippen molar-refractivity contribution in [2.75, 3.05) is 32.3 Å². The maximum atomic E-state index is 11.9. The van der Waals surface area contributed by atoms with Gasteiger partial charge in [-0.3, -0.25) is 14.3 Å². The van der Waals surface area contributed by atoms with Crippen LogP contribution in [0.1, 0.15) is 12.6 Å². The van der Waals surface area contributed by atoms with Crippen LogP contribution in [0.2, 0.25) is 0 Å². The summed E-state index contributed by atoms with van der Waals surface area (Å²) in [5.74, 6) is 0.130. The number of ether oxygens (including phenoxy) is 3. The number of aromatic nitrogens is 4. The van der Waals surface area contributed by atoms with E-state index >= 15 is 0 Å². The summed E-state index contributed by atoms with van der Waals surface area (Å²) in [6.45, 7) is 0.387. The summed E-state index contributed by atoms with van der Waals surface area (Å²) in [6, 6.07) is 0. The highest BCUT2D eigenvalue weighted by atomic mass is 16.6. The van der Waals surface area contributed by atoms with Crippen molar-refractivity contribution >= 4 is 23.1 Å². The van der Waals surface area contributed by atoms with Crippen LogP contribution in [0.4, 0.5) is 11.9 Å². The highest BCUT2D eigenvalue weighted by Gasteiger charge is 2.38. The normalized spacial score (nSPS) is 25.1. The first-order valence-electron chi connectivity index (χ1n) is 6.75. The minimum Gasteiger partial charge on any atom is -0.382 e. The van der Waals surface area contributed by atoms with Crippen molar-refractivity contribution in [2.24, 2.45) is 0 Å². The third-order valence-electron chi connectivity index (χ3n) is 3.70. The molecular formula is C12H18N6O4. The SMILES string of the molecule is COC[C@H]1O[C@@H](n2c(N)nc3c(=O)[nH]c(N)nc32)CC1OC. The van der Waals surface area contributed by atoms with E-state index in [0.717, 1.165) is 0 Å². The highest BCUT2D eigenvalue weighted by molar-refractivity contribution is 5.74. The first-order chi connectivity index (χ1) is 10.5. The summed E-state index contributed by atoms with van der Waals surface area (Å²) in [5.41, 5.74) is 11.5. The van der Waals surface area contributed by atoms with Crippen molar-refractivity contribution in [1.82, 2.24) is 19.5 Å². The molecule has 10 nitrogen and oxygen atoms in total. The van der Waals surface area contributed by atoms with Crippen LogP contribution in [0.3, 0.4) is 0 Å². The largest absolute Gasteiger partial charge is 0.382 e. The molecule has 0 spiro atoms. The molecule has 10 heteroatoms. The van der Waals surface area contributed by atoms with E-state index in [0.29, 0.717) is 13.0 Å². The highest BCUT2D eigenvalue weighted by Crippen LogP contribution is 2.34. The number of rotatable bonds is 4. The Labute approximate surface area is 125 Å². The minimum absolute atomic E-state index is 0.00613. The molecule has 0 aliphatic carbocycles. The van der Waals surface area contributed by atoms with E-state index in [1.165, 1.54) is 0 Å². The van der Waals surface area contributed by atoms with E-state index in [9.17, 15) is 4.79 Å². The second kappa shape index (κ2) is 5.55. The molecule has 3 heterocycles. The average molecular weight is 310 g/mol. The second-order valence-corrected chi connectivity index (χ2v) is 5.06. The third-order valence-corrected chi connectivity index (χ3v) is 3.70. The molecule has 2 aromatic rings. The number of hydrogen-bond donors (Lipinski definition) is 3. The molecule has 0 saturated carbocycles. The number of aromatic amines is 1. The maximum Gasteiger partial charge on any atom is 0.280 e. The predicted octanol–water partition coefficient (Wildman–Crippen LogP) is -0.767. The summed E-state index contributed by atoms with van der Waals surface area (Å²) in [7, 11) is 3.20. The van der Waals surface area contributed by atoms with Gasteiger partial charge in [-0.25, -0.2) is 4.98 Å². The molecule has 120 valence electrons. The van der Waals surface area contributed by atoms with Crippen LogP contribution in [0, 0.1) is 0 Å². The minimum atomic E-state index is -0.455. The zero-order valence-corrected chi connectivity index (χ0v) is 12.3. The molecule has 22 heavy (non-hydrogen) atoms. The molecule has 0 amide bonds. The fourth-order valence-electron chi connectivity index (χ4n) is 2.72. The molecule has 0 aromatic carbocycles. The predicted molar refractivity (Wildman–Crippen MR) is 78.2 cm³/mol. The average Bonchev–Trinajstić information content (AvgIpc) is 3.00. The number of hydrogen-bond acceptors (Lipinski definition) is 8. The van der Waals surface area contributed by atoms with Crippen molar-refractivity contribution in [3.05, 3.63) is 10.4 Å². The number of fused-ring (bicyclic) bond motifs is 1. The first-order valence-corrected chi connectivity index (χ1v) is 6.75. The third kappa shape index (κ3) is 2.30. The Bertz CT molecular complexity index is 741. The lowest BCUT2D eigenvalue weighted by Crippen LogP contribution is -2.27. The Balaban J connectivity index is 2.04. The Morgan fingerprint density at radius 1 is 1.41 bits per heavy atom. The molecule has 3 rings (SSSR count). The van der Waals surface area contributed by atoms with Gasteiger partial charge in [0, 0.05) is 20.6 Å². The van der Waals surface area contributed by atoms with Gasteiger partial charge in [0.2, 0.25) is 11.9 Å². The molecule has 1 saturated heterocycles. The monoisotopic (exact) mass is 310 g/mol. The van der Waals surface area contributed by atoms with Crippen molar-refractivity contribution < 1.29 is 14.2 Å². The Morgan fingerprint density at radius 3 is 2.86 bits per heavy atom. The summed E-state index contributed by atoms with van der Waals surface area (Å²) in [5, 5.41) is 0. The van der Waals surface area contributed by atoms with Crippen molar-refractivity contribution in [3.8, 4) is 0 Å². The molecule has 3 atom stereocenters. The Kier molecular flexibility index (Phi) is 3.72. The summed E-state index contributed by atoms with van der Waals surface area (Å²) in [4.78, 5) is 22.4. The fraction of sp³-hybridized carbons (Fsp3) is 0.583. The van der Waals surface area contributed by atoms with Gasteiger partial charge in [-0.15, -0.1) is 0 Å². The van der Waals surface area contributed by atoms with E-state index in [1.807, 2.05) is 0 Å². The molecule has 0 bridgehead atoms. The molecule has 1 unspecified atom stereocenters. The van der Waals surface area contributed by atoms with Crippen LogP contribution in [0.15, 0.2) is 4.79 Å². The van der Waals surface area contributed by atoms with Gasteiger partial charge in [0.1, 0.15) is 12.3 Å². The first kappa shape index (κ1) is 14.8. The van der Waals surface area contributed by atoms with Gasteiger partial charge < -0.3 is 25.7 Å². The molecular weight excluding hydrogens is 292 g/mol. The molecule has 1 fully saturated rings. The van der Waals surface area contributed by atoms with Crippen LogP contribution in [-0.2, 0) is 14.2 Å². The van der Waals surface area contributed by atoms with E-state index < -0.39 is 11.8 Å². The van der Waals surface area contributed by atoms with E-state index in [4.69, 9.17) is 25.7 Å². The van der Waals surface area contributed by atoms with Crippen LogP contribution in [-0.4, -0.2) is 52.6 Å². The topological polar surface area (TPSA) is 143 Å². The lowest BCUT2D eigenvalue weighted by molar-refractivity contribution is -0.0592. The standard InChI is InChI=1S/C12H18N6O4/c1-20-4-6-5(21-2)3-7(22-6)18-9-8(15-12(18)14)10(19)17-11(13)16-9/h5-7H,3-4H2,1-2H3,(H2,14,15)(H3,13,16,17,19)/t5?,6-,7-/m1/s1. The number of methoxy groups -OCH3 is 2. The van der Waals surface area contributed by atoms with E-state index in [2.05, 4.69) is 15.0 Å².